The van der Waals surface area contributed by atoms with Gasteiger partial charge in [-0.15, -0.1) is 0 Å². The van der Waals surface area contributed by atoms with Crippen molar-refractivity contribution < 1.29 is 4.74 Å². The second-order valence-corrected chi connectivity index (χ2v) is 4.09. The van der Waals surface area contributed by atoms with E-state index < -0.39 is 0 Å². The quantitative estimate of drug-likeness (QED) is 0.751. The summed E-state index contributed by atoms with van der Waals surface area (Å²) in [6.07, 6.45) is 0. The average molecular weight is 224 g/mol. The normalized spacial score (nSPS) is 10.0. The van der Waals surface area contributed by atoms with Gasteiger partial charge in [0.2, 0.25) is 0 Å². The van der Waals surface area contributed by atoms with Crippen LogP contribution in [0.15, 0.2) is 55.1 Å². The van der Waals surface area contributed by atoms with Crippen LogP contribution in [-0.4, -0.2) is 7.11 Å². The molecule has 0 aliphatic rings. The molecule has 0 aromatic heterocycles. The molecule has 86 valence electrons. The Morgan fingerprint density at radius 2 is 1.35 bits per heavy atom. The largest absolute Gasteiger partial charge is 0.497 e. The predicted octanol–water partition coefficient (Wildman–Crippen LogP) is 4.40. The molecular weight excluding hydrogens is 208 g/mol. The molecule has 0 spiro atoms. The number of hydrogen-bond acceptors (Lipinski definition) is 1. The zero-order valence-electron chi connectivity index (χ0n) is 10.2. The van der Waals surface area contributed by atoms with Crippen LogP contribution in [0.2, 0.25) is 0 Å². The van der Waals surface area contributed by atoms with Gasteiger partial charge in [0.05, 0.1) is 7.11 Å². The first-order valence-electron chi connectivity index (χ1n) is 5.61. The molecule has 0 atom stereocenters. The number of benzene rings is 2. The highest BCUT2D eigenvalue weighted by Crippen LogP contribution is 2.23. The minimum atomic E-state index is 0.882. The van der Waals surface area contributed by atoms with Gasteiger partial charge in [-0.25, -0.2) is 0 Å². The maximum atomic E-state index is 5.14. The highest BCUT2D eigenvalue weighted by molar-refractivity contribution is 5.68. The van der Waals surface area contributed by atoms with Crippen molar-refractivity contribution in [2.45, 2.75) is 6.92 Å². The second-order valence-electron chi connectivity index (χ2n) is 4.09. The lowest BCUT2D eigenvalue weighted by Crippen LogP contribution is -1.83. The van der Waals surface area contributed by atoms with Gasteiger partial charge in [0.25, 0.3) is 0 Å². The van der Waals surface area contributed by atoms with Gasteiger partial charge in [-0.1, -0.05) is 48.6 Å². The summed E-state index contributed by atoms with van der Waals surface area (Å²) in [5.41, 5.74) is 4.67. The number of allylic oxidation sites excluding steroid dienone is 1. The Morgan fingerprint density at radius 1 is 0.882 bits per heavy atom. The maximum Gasteiger partial charge on any atom is 0.118 e. The molecule has 2 aromatic rings. The third-order valence-corrected chi connectivity index (χ3v) is 2.80. The number of rotatable bonds is 3. The molecule has 2 rings (SSSR count). The van der Waals surface area contributed by atoms with Crippen LogP contribution in [0.3, 0.4) is 0 Å². The maximum absolute atomic E-state index is 5.14. The van der Waals surface area contributed by atoms with E-state index in [9.17, 15) is 0 Å². The van der Waals surface area contributed by atoms with E-state index >= 15 is 0 Å². The van der Waals surface area contributed by atoms with Gasteiger partial charge in [0.15, 0.2) is 0 Å². The minimum absolute atomic E-state index is 0.882. The van der Waals surface area contributed by atoms with E-state index in [1.54, 1.807) is 7.11 Å². The van der Waals surface area contributed by atoms with E-state index in [0.29, 0.717) is 0 Å². The van der Waals surface area contributed by atoms with Gasteiger partial charge in [0.1, 0.15) is 5.75 Å². The Hall–Kier alpha value is -2.02. The fraction of sp³-hybridized carbons (Fsp3) is 0.125. The summed E-state index contributed by atoms with van der Waals surface area (Å²) in [4.78, 5) is 0. The van der Waals surface area contributed by atoms with Crippen LogP contribution < -0.4 is 4.74 Å². The third kappa shape index (κ3) is 2.56. The van der Waals surface area contributed by atoms with E-state index in [-0.39, 0.29) is 0 Å². The number of methoxy groups -OCH3 is 1. The van der Waals surface area contributed by atoms with Crippen molar-refractivity contribution in [2.75, 3.05) is 7.11 Å². The van der Waals surface area contributed by atoms with Gasteiger partial charge in [-0.2, -0.15) is 0 Å². The molecule has 0 fully saturated rings. The van der Waals surface area contributed by atoms with Gasteiger partial charge in [-0.05, 0) is 35.7 Å². The lowest BCUT2D eigenvalue weighted by Gasteiger charge is -2.05. The van der Waals surface area contributed by atoms with Crippen molar-refractivity contribution in [2.24, 2.45) is 0 Å². The smallest absolute Gasteiger partial charge is 0.118 e. The first kappa shape index (κ1) is 11.5. The van der Waals surface area contributed by atoms with Gasteiger partial charge >= 0.3 is 0 Å². The molecule has 0 heterocycles. The molecule has 1 nitrogen and oxygen atoms in total. The molecule has 0 N–H and O–H groups in total. The van der Waals surface area contributed by atoms with Crippen LogP contribution in [-0.2, 0) is 0 Å². The fourth-order valence-corrected chi connectivity index (χ4v) is 1.73. The number of ether oxygens (including phenoxy) is 1. The van der Waals surface area contributed by atoms with Crippen LogP contribution in [0, 0.1) is 0 Å². The fourth-order valence-electron chi connectivity index (χ4n) is 1.73. The molecule has 1 heteroatoms. The molecular formula is C16H16O. The second kappa shape index (κ2) is 4.88. The average Bonchev–Trinajstić information content (AvgIpc) is 2.39. The Balaban J connectivity index is 2.29. The lowest BCUT2D eigenvalue weighted by atomic mass is 10.0. The topological polar surface area (TPSA) is 9.23 Å². The van der Waals surface area contributed by atoms with Crippen LogP contribution in [0.1, 0.15) is 12.5 Å². The van der Waals surface area contributed by atoms with E-state index in [0.717, 1.165) is 11.3 Å². The van der Waals surface area contributed by atoms with Crippen molar-refractivity contribution >= 4 is 5.57 Å². The summed E-state index contributed by atoms with van der Waals surface area (Å²) in [7, 11) is 1.68. The van der Waals surface area contributed by atoms with Crippen molar-refractivity contribution in [3.63, 3.8) is 0 Å². The molecule has 2 aromatic carbocycles. The van der Waals surface area contributed by atoms with Crippen molar-refractivity contribution in [1.29, 1.82) is 0 Å². The standard InChI is InChI=1S/C16H16O/c1-12(2)13-4-6-14(7-5-13)15-8-10-16(17-3)11-9-15/h4-11H,1H2,2-3H3. The molecule has 0 saturated heterocycles. The summed E-state index contributed by atoms with van der Waals surface area (Å²) >= 11 is 0. The highest BCUT2D eigenvalue weighted by atomic mass is 16.5. The summed E-state index contributed by atoms with van der Waals surface area (Å²) < 4.78 is 5.14. The summed E-state index contributed by atoms with van der Waals surface area (Å²) in [5, 5.41) is 0. The molecule has 0 aliphatic carbocycles. The van der Waals surface area contributed by atoms with Gasteiger partial charge < -0.3 is 4.74 Å². The van der Waals surface area contributed by atoms with Crippen molar-refractivity contribution in [1.82, 2.24) is 0 Å². The Labute approximate surface area is 102 Å². The highest BCUT2D eigenvalue weighted by Gasteiger charge is 1.99. The van der Waals surface area contributed by atoms with Crippen molar-refractivity contribution in [3.8, 4) is 16.9 Å². The van der Waals surface area contributed by atoms with Gasteiger partial charge in [-0.3, -0.25) is 0 Å². The zero-order chi connectivity index (χ0) is 12.3. The SMILES string of the molecule is C=C(C)c1ccc(-c2ccc(OC)cc2)cc1. The summed E-state index contributed by atoms with van der Waals surface area (Å²) in [5.74, 6) is 0.882. The molecule has 0 saturated carbocycles. The first-order chi connectivity index (χ1) is 8.20. The van der Waals surface area contributed by atoms with E-state index in [1.807, 2.05) is 19.1 Å². The van der Waals surface area contributed by atoms with E-state index in [2.05, 4.69) is 43.0 Å². The molecule has 0 amide bonds. The van der Waals surface area contributed by atoms with Crippen molar-refractivity contribution in [3.05, 3.63) is 60.7 Å². The minimum Gasteiger partial charge on any atom is -0.497 e. The Kier molecular flexibility index (Phi) is 3.29. The zero-order valence-corrected chi connectivity index (χ0v) is 10.2. The molecule has 0 bridgehead atoms. The van der Waals surface area contributed by atoms with E-state index in [1.165, 1.54) is 16.7 Å². The summed E-state index contributed by atoms with van der Waals surface area (Å²) in [6.45, 7) is 5.95. The summed E-state index contributed by atoms with van der Waals surface area (Å²) in [6, 6.07) is 16.5. The van der Waals surface area contributed by atoms with Crippen LogP contribution in [0.5, 0.6) is 5.75 Å². The molecule has 17 heavy (non-hydrogen) atoms. The molecule has 0 unspecified atom stereocenters. The molecule has 0 radical (unpaired) electrons. The monoisotopic (exact) mass is 224 g/mol. The van der Waals surface area contributed by atoms with Crippen LogP contribution in [0.25, 0.3) is 16.7 Å². The lowest BCUT2D eigenvalue weighted by molar-refractivity contribution is 0.415. The molecule has 0 aliphatic heterocycles. The Bertz CT molecular complexity index is 506. The van der Waals surface area contributed by atoms with Gasteiger partial charge in [0, 0.05) is 0 Å². The third-order valence-electron chi connectivity index (χ3n) is 2.80. The predicted molar refractivity (Wildman–Crippen MR) is 73.1 cm³/mol. The first-order valence-corrected chi connectivity index (χ1v) is 5.61. The van der Waals surface area contributed by atoms with Crippen LogP contribution in [0.4, 0.5) is 0 Å². The number of hydrogen-bond donors (Lipinski definition) is 0. The Morgan fingerprint density at radius 3 is 1.76 bits per heavy atom. The van der Waals surface area contributed by atoms with Crippen LogP contribution >= 0.6 is 0 Å². The van der Waals surface area contributed by atoms with E-state index in [4.69, 9.17) is 4.74 Å².